The van der Waals surface area contributed by atoms with Gasteiger partial charge >= 0.3 is 0 Å². The Bertz CT molecular complexity index is 347. The highest BCUT2D eigenvalue weighted by Gasteiger charge is 2.21. The van der Waals surface area contributed by atoms with Crippen LogP contribution in [-0.4, -0.2) is 16.1 Å². The number of pyridine rings is 1. The SMILES string of the molecule is CC(C)(C)[C@@H](N)Cc1cnc(Cl)c(O)c1. The van der Waals surface area contributed by atoms with E-state index in [1.54, 1.807) is 12.3 Å². The van der Waals surface area contributed by atoms with E-state index in [1.807, 2.05) is 0 Å². The molecule has 0 unspecified atom stereocenters. The number of hydrogen-bond acceptors (Lipinski definition) is 3. The number of aromatic nitrogens is 1. The zero-order valence-electron chi connectivity index (χ0n) is 9.29. The first kappa shape index (κ1) is 12.3. The van der Waals surface area contributed by atoms with E-state index in [0.717, 1.165) is 5.56 Å². The van der Waals surface area contributed by atoms with Crippen LogP contribution in [0.15, 0.2) is 12.3 Å². The molecule has 0 amide bonds. The summed E-state index contributed by atoms with van der Waals surface area (Å²) in [6.07, 6.45) is 2.33. The molecule has 1 atom stereocenters. The van der Waals surface area contributed by atoms with Gasteiger partial charge in [-0.2, -0.15) is 0 Å². The van der Waals surface area contributed by atoms with Gasteiger partial charge in [-0.25, -0.2) is 4.98 Å². The summed E-state index contributed by atoms with van der Waals surface area (Å²) in [6, 6.07) is 1.64. The predicted octanol–water partition coefficient (Wildman–Crippen LogP) is 2.36. The molecule has 0 saturated carbocycles. The van der Waals surface area contributed by atoms with Crippen LogP contribution >= 0.6 is 11.6 Å². The summed E-state index contributed by atoms with van der Waals surface area (Å²) < 4.78 is 0. The van der Waals surface area contributed by atoms with Gasteiger partial charge in [-0.3, -0.25) is 0 Å². The Labute approximate surface area is 95.3 Å². The second-order valence-corrected chi connectivity index (χ2v) is 5.19. The number of hydrogen-bond donors (Lipinski definition) is 2. The average molecular weight is 229 g/mol. The maximum Gasteiger partial charge on any atom is 0.170 e. The quantitative estimate of drug-likeness (QED) is 0.764. The van der Waals surface area contributed by atoms with E-state index in [-0.39, 0.29) is 22.4 Å². The molecule has 0 spiro atoms. The van der Waals surface area contributed by atoms with Crippen molar-refractivity contribution in [3.8, 4) is 5.75 Å². The van der Waals surface area contributed by atoms with Crippen LogP contribution in [0.25, 0.3) is 0 Å². The molecule has 0 radical (unpaired) electrons. The Morgan fingerprint density at radius 2 is 2.13 bits per heavy atom. The lowest BCUT2D eigenvalue weighted by Crippen LogP contribution is -2.36. The van der Waals surface area contributed by atoms with Crippen LogP contribution in [0.4, 0.5) is 0 Å². The molecule has 0 saturated heterocycles. The fourth-order valence-corrected chi connectivity index (χ4v) is 1.25. The number of rotatable bonds is 2. The highest BCUT2D eigenvalue weighted by molar-refractivity contribution is 6.30. The second-order valence-electron chi connectivity index (χ2n) is 4.83. The zero-order valence-corrected chi connectivity index (χ0v) is 10.0. The van der Waals surface area contributed by atoms with Gasteiger partial charge in [-0.15, -0.1) is 0 Å². The van der Waals surface area contributed by atoms with Crippen LogP contribution in [-0.2, 0) is 6.42 Å². The first-order valence-corrected chi connectivity index (χ1v) is 5.27. The summed E-state index contributed by atoms with van der Waals surface area (Å²) in [5.74, 6) is 0.00951. The monoisotopic (exact) mass is 228 g/mol. The maximum absolute atomic E-state index is 9.38. The van der Waals surface area contributed by atoms with Crippen molar-refractivity contribution in [1.82, 2.24) is 4.98 Å². The van der Waals surface area contributed by atoms with Crippen molar-refractivity contribution in [3.63, 3.8) is 0 Å². The van der Waals surface area contributed by atoms with E-state index < -0.39 is 0 Å². The maximum atomic E-state index is 9.38. The van der Waals surface area contributed by atoms with Crippen molar-refractivity contribution in [3.05, 3.63) is 23.0 Å². The molecule has 0 aliphatic rings. The van der Waals surface area contributed by atoms with Gasteiger partial charge in [0.2, 0.25) is 0 Å². The highest BCUT2D eigenvalue weighted by atomic mass is 35.5. The van der Waals surface area contributed by atoms with Gasteiger partial charge in [0.05, 0.1) is 0 Å². The third kappa shape index (κ3) is 3.36. The molecule has 1 aromatic rings. The van der Waals surface area contributed by atoms with Crippen LogP contribution in [0.2, 0.25) is 5.15 Å². The van der Waals surface area contributed by atoms with E-state index in [0.29, 0.717) is 6.42 Å². The van der Waals surface area contributed by atoms with Gasteiger partial charge < -0.3 is 10.8 Å². The van der Waals surface area contributed by atoms with Crippen LogP contribution in [0, 0.1) is 5.41 Å². The van der Waals surface area contributed by atoms with Crippen LogP contribution in [0.1, 0.15) is 26.3 Å². The Morgan fingerprint density at radius 3 is 2.60 bits per heavy atom. The van der Waals surface area contributed by atoms with Gasteiger partial charge in [0.1, 0.15) is 0 Å². The minimum atomic E-state index is 0.00951. The lowest BCUT2D eigenvalue weighted by atomic mass is 9.84. The molecule has 0 fully saturated rings. The number of nitrogens with zero attached hydrogens (tertiary/aromatic N) is 1. The number of halogens is 1. The second kappa shape index (κ2) is 4.37. The average Bonchev–Trinajstić information content (AvgIpc) is 2.10. The molecule has 0 aromatic carbocycles. The third-order valence-corrected chi connectivity index (χ3v) is 2.74. The van der Waals surface area contributed by atoms with Gasteiger partial charge in [-0.1, -0.05) is 32.4 Å². The fraction of sp³-hybridized carbons (Fsp3) is 0.545. The van der Waals surface area contributed by atoms with Gasteiger partial charge in [-0.05, 0) is 23.5 Å². The molecule has 0 aliphatic heterocycles. The number of nitrogens with two attached hydrogens (primary N) is 1. The standard InChI is InChI=1S/C11H17ClN2O/c1-11(2,3)9(13)5-7-4-8(15)10(12)14-6-7/h4,6,9,15H,5,13H2,1-3H3/t9-/m0/s1. The summed E-state index contributed by atoms with van der Waals surface area (Å²) >= 11 is 5.61. The molecule has 1 rings (SSSR count). The van der Waals surface area contributed by atoms with Crippen LogP contribution < -0.4 is 5.73 Å². The third-order valence-electron chi connectivity index (χ3n) is 2.45. The van der Waals surface area contributed by atoms with Crippen molar-refractivity contribution >= 4 is 11.6 Å². The van der Waals surface area contributed by atoms with Gasteiger partial charge in [0, 0.05) is 12.2 Å². The first-order chi connectivity index (χ1) is 6.80. The van der Waals surface area contributed by atoms with Crippen molar-refractivity contribution < 1.29 is 5.11 Å². The van der Waals surface area contributed by atoms with Gasteiger partial charge in [0.25, 0.3) is 0 Å². The highest BCUT2D eigenvalue weighted by Crippen LogP contribution is 2.24. The van der Waals surface area contributed by atoms with Crippen LogP contribution in [0.3, 0.4) is 0 Å². The fourth-order valence-electron chi connectivity index (χ4n) is 1.15. The Kier molecular flexibility index (Phi) is 3.58. The summed E-state index contributed by atoms with van der Waals surface area (Å²) in [5.41, 5.74) is 6.97. The smallest absolute Gasteiger partial charge is 0.170 e. The minimum absolute atomic E-state index is 0.00951. The molecule has 1 heterocycles. The molecule has 84 valence electrons. The van der Waals surface area contributed by atoms with Gasteiger partial charge in [0.15, 0.2) is 10.9 Å². The molecule has 0 aliphatic carbocycles. The van der Waals surface area contributed by atoms with E-state index in [2.05, 4.69) is 25.8 Å². The normalized spacial score (nSPS) is 13.9. The van der Waals surface area contributed by atoms with Crippen molar-refractivity contribution in [2.75, 3.05) is 0 Å². The molecule has 1 aromatic heterocycles. The summed E-state index contributed by atoms with van der Waals surface area (Å²) in [7, 11) is 0. The molecular formula is C11H17ClN2O. The Balaban J connectivity index is 2.78. The first-order valence-electron chi connectivity index (χ1n) is 4.89. The van der Waals surface area contributed by atoms with Crippen LogP contribution in [0.5, 0.6) is 5.75 Å². The Hall–Kier alpha value is -0.800. The van der Waals surface area contributed by atoms with Crippen molar-refractivity contribution in [2.24, 2.45) is 11.1 Å². The summed E-state index contributed by atoms with van der Waals surface area (Å²) in [4.78, 5) is 3.87. The van der Waals surface area contributed by atoms with E-state index in [1.165, 1.54) is 0 Å². The lowest BCUT2D eigenvalue weighted by molar-refractivity contribution is 0.318. The largest absolute Gasteiger partial charge is 0.505 e. The molecular weight excluding hydrogens is 212 g/mol. The van der Waals surface area contributed by atoms with Crippen molar-refractivity contribution in [1.29, 1.82) is 0 Å². The zero-order chi connectivity index (χ0) is 11.6. The number of aromatic hydroxyl groups is 1. The van der Waals surface area contributed by atoms with E-state index in [9.17, 15) is 5.11 Å². The topological polar surface area (TPSA) is 59.1 Å². The molecule has 15 heavy (non-hydrogen) atoms. The van der Waals surface area contributed by atoms with E-state index in [4.69, 9.17) is 17.3 Å². The summed E-state index contributed by atoms with van der Waals surface area (Å²) in [6.45, 7) is 6.25. The molecule has 0 bridgehead atoms. The predicted molar refractivity (Wildman–Crippen MR) is 62.0 cm³/mol. The molecule has 3 nitrogen and oxygen atoms in total. The minimum Gasteiger partial charge on any atom is -0.505 e. The Morgan fingerprint density at radius 1 is 1.53 bits per heavy atom. The summed E-state index contributed by atoms with van der Waals surface area (Å²) in [5, 5.41) is 9.51. The lowest BCUT2D eigenvalue weighted by Gasteiger charge is -2.26. The van der Waals surface area contributed by atoms with Crippen molar-refractivity contribution in [2.45, 2.75) is 33.2 Å². The molecule has 3 N–H and O–H groups in total. The van der Waals surface area contributed by atoms with E-state index >= 15 is 0 Å². The molecule has 4 heteroatoms.